The van der Waals surface area contributed by atoms with Gasteiger partial charge in [0.25, 0.3) is 0 Å². The van der Waals surface area contributed by atoms with Crippen molar-refractivity contribution in [3.63, 3.8) is 0 Å². The average Bonchev–Trinajstić information content (AvgIpc) is 2.19. The lowest BCUT2D eigenvalue weighted by Gasteiger charge is -2.01. The topological polar surface area (TPSA) is 46.0 Å². The molecule has 1 heterocycles. The second kappa shape index (κ2) is 3.46. The maximum absolute atomic E-state index is 9.29. The zero-order valence-electron chi connectivity index (χ0n) is 7.81. The maximum atomic E-state index is 9.29. The van der Waals surface area contributed by atoms with Crippen LogP contribution in [0, 0.1) is 6.92 Å². The molecule has 14 heavy (non-hydrogen) atoms. The van der Waals surface area contributed by atoms with E-state index >= 15 is 0 Å². The van der Waals surface area contributed by atoms with Gasteiger partial charge in [-0.1, -0.05) is 12.1 Å². The number of aryl methyl sites for hydroxylation is 1. The van der Waals surface area contributed by atoms with Crippen LogP contribution in [0.3, 0.4) is 0 Å². The van der Waals surface area contributed by atoms with Gasteiger partial charge in [0.2, 0.25) is 0 Å². The normalized spacial score (nSPS) is 10.1. The molecular weight excluding hydrogens is 176 g/mol. The zero-order valence-corrected chi connectivity index (χ0v) is 7.81. The molecule has 3 nitrogen and oxygen atoms in total. The summed E-state index contributed by atoms with van der Waals surface area (Å²) < 4.78 is 0. The molecule has 0 radical (unpaired) electrons. The van der Waals surface area contributed by atoms with E-state index in [0.717, 1.165) is 17.0 Å². The number of hydrogen-bond donors (Lipinski definition) is 1. The summed E-state index contributed by atoms with van der Waals surface area (Å²) in [5, 5.41) is 9.29. The predicted octanol–water partition coefficient (Wildman–Crippen LogP) is 2.16. The van der Waals surface area contributed by atoms with E-state index in [1.807, 2.05) is 13.0 Å². The summed E-state index contributed by atoms with van der Waals surface area (Å²) in [6.45, 7) is 1.84. The van der Waals surface area contributed by atoms with Crippen LogP contribution < -0.4 is 0 Å². The van der Waals surface area contributed by atoms with E-state index in [2.05, 4.69) is 9.97 Å². The fourth-order valence-electron chi connectivity index (χ4n) is 1.23. The van der Waals surface area contributed by atoms with Crippen molar-refractivity contribution < 1.29 is 5.11 Å². The molecular formula is C11H10N2O. The third kappa shape index (κ3) is 1.71. The molecule has 2 rings (SSSR count). The first-order valence-corrected chi connectivity index (χ1v) is 4.34. The highest BCUT2D eigenvalue weighted by atomic mass is 16.3. The highest BCUT2D eigenvalue weighted by Gasteiger charge is 1.98. The lowest BCUT2D eigenvalue weighted by Crippen LogP contribution is -1.87. The quantitative estimate of drug-likeness (QED) is 0.742. The molecule has 0 aliphatic heterocycles. The SMILES string of the molecule is Cc1ncc(-c2cccc(O)c2)cn1. The molecule has 1 aromatic heterocycles. The molecule has 0 bridgehead atoms. The van der Waals surface area contributed by atoms with Gasteiger partial charge in [-0.25, -0.2) is 9.97 Å². The minimum atomic E-state index is 0.253. The van der Waals surface area contributed by atoms with Crippen molar-refractivity contribution in [3.8, 4) is 16.9 Å². The van der Waals surface area contributed by atoms with E-state index < -0.39 is 0 Å². The van der Waals surface area contributed by atoms with E-state index in [4.69, 9.17) is 0 Å². The van der Waals surface area contributed by atoms with Gasteiger partial charge in [0, 0.05) is 18.0 Å². The summed E-state index contributed by atoms with van der Waals surface area (Å²) in [6, 6.07) is 7.03. The van der Waals surface area contributed by atoms with Crippen LogP contribution >= 0.6 is 0 Å². The van der Waals surface area contributed by atoms with Crippen molar-refractivity contribution >= 4 is 0 Å². The fraction of sp³-hybridized carbons (Fsp3) is 0.0909. The Kier molecular flexibility index (Phi) is 2.14. The van der Waals surface area contributed by atoms with Crippen molar-refractivity contribution in [2.24, 2.45) is 0 Å². The highest BCUT2D eigenvalue weighted by Crippen LogP contribution is 2.21. The highest BCUT2D eigenvalue weighted by molar-refractivity contribution is 5.62. The number of aromatic nitrogens is 2. The molecule has 0 atom stereocenters. The second-order valence-electron chi connectivity index (χ2n) is 3.07. The van der Waals surface area contributed by atoms with Crippen molar-refractivity contribution in [2.45, 2.75) is 6.92 Å². The Labute approximate surface area is 82.1 Å². The second-order valence-corrected chi connectivity index (χ2v) is 3.07. The molecule has 0 saturated heterocycles. The summed E-state index contributed by atoms with van der Waals surface area (Å²) in [5.74, 6) is 0.997. The number of phenolic OH excluding ortho intramolecular Hbond substituents is 1. The third-order valence-electron chi connectivity index (χ3n) is 1.96. The Morgan fingerprint density at radius 2 is 1.79 bits per heavy atom. The Hall–Kier alpha value is -1.90. The molecule has 0 fully saturated rings. The van der Waals surface area contributed by atoms with Gasteiger partial charge in [-0.15, -0.1) is 0 Å². The van der Waals surface area contributed by atoms with Crippen LogP contribution in [0.5, 0.6) is 5.75 Å². The minimum Gasteiger partial charge on any atom is -0.508 e. The van der Waals surface area contributed by atoms with Gasteiger partial charge in [0.1, 0.15) is 11.6 Å². The van der Waals surface area contributed by atoms with E-state index in [1.165, 1.54) is 0 Å². The van der Waals surface area contributed by atoms with Crippen LogP contribution in [0.15, 0.2) is 36.7 Å². The largest absolute Gasteiger partial charge is 0.508 e. The summed E-state index contributed by atoms with van der Waals surface area (Å²) in [5.41, 5.74) is 1.83. The number of phenols is 1. The first-order valence-electron chi connectivity index (χ1n) is 4.34. The Morgan fingerprint density at radius 1 is 1.07 bits per heavy atom. The summed E-state index contributed by atoms with van der Waals surface area (Å²) in [6.07, 6.45) is 3.49. The molecule has 0 aliphatic rings. The number of nitrogens with zero attached hydrogens (tertiary/aromatic N) is 2. The number of aromatic hydroxyl groups is 1. The molecule has 3 heteroatoms. The van der Waals surface area contributed by atoms with Gasteiger partial charge in [0.05, 0.1) is 0 Å². The monoisotopic (exact) mass is 186 g/mol. The zero-order chi connectivity index (χ0) is 9.97. The van der Waals surface area contributed by atoms with E-state index in [0.29, 0.717) is 0 Å². The molecule has 0 amide bonds. The summed E-state index contributed by atoms with van der Waals surface area (Å²) >= 11 is 0. The molecule has 1 aromatic carbocycles. The van der Waals surface area contributed by atoms with Crippen molar-refractivity contribution in [1.82, 2.24) is 9.97 Å². The first kappa shape index (κ1) is 8.69. The predicted molar refractivity (Wildman–Crippen MR) is 53.9 cm³/mol. The average molecular weight is 186 g/mol. The van der Waals surface area contributed by atoms with Crippen LogP contribution in [-0.2, 0) is 0 Å². The van der Waals surface area contributed by atoms with Gasteiger partial charge in [-0.05, 0) is 24.6 Å². The molecule has 0 spiro atoms. The smallest absolute Gasteiger partial charge is 0.125 e. The maximum Gasteiger partial charge on any atom is 0.125 e. The van der Waals surface area contributed by atoms with E-state index in [-0.39, 0.29) is 5.75 Å². The van der Waals surface area contributed by atoms with Gasteiger partial charge in [0.15, 0.2) is 0 Å². The van der Waals surface area contributed by atoms with Crippen LogP contribution in [0.25, 0.3) is 11.1 Å². The molecule has 0 unspecified atom stereocenters. The molecule has 70 valence electrons. The Bertz CT molecular complexity index is 437. The number of benzene rings is 1. The number of hydrogen-bond acceptors (Lipinski definition) is 3. The fourth-order valence-corrected chi connectivity index (χ4v) is 1.23. The molecule has 2 aromatic rings. The van der Waals surface area contributed by atoms with E-state index in [1.54, 1.807) is 30.6 Å². The summed E-state index contributed by atoms with van der Waals surface area (Å²) in [4.78, 5) is 8.18. The van der Waals surface area contributed by atoms with Gasteiger partial charge < -0.3 is 5.11 Å². The lowest BCUT2D eigenvalue weighted by atomic mass is 10.1. The van der Waals surface area contributed by atoms with Crippen molar-refractivity contribution in [3.05, 3.63) is 42.5 Å². The molecule has 0 aliphatic carbocycles. The Balaban J connectivity index is 2.44. The van der Waals surface area contributed by atoms with Crippen LogP contribution in [0.2, 0.25) is 0 Å². The van der Waals surface area contributed by atoms with E-state index in [9.17, 15) is 5.11 Å². The number of rotatable bonds is 1. The molecule has 1 N–H and O–H groups in total. The first-order chi connectivity index (χ1) is 6.75. The minimum absolute atomic E-state index is 0.253. The van der Waals surface area contributed by atoms with Gasteiger partial charge in [-0.2, -0.15) is 0 Å². The standard InChI is InChI=1S/C11H10N2O/c1-8-12-6-10(7-13-8)9-3-2-4-11(14)5-9/h2-7,14H,1H3. The van der Waals surface area contributed by atoms with Gasteiger partial charge in [-0.3, -0.25) is 0 Å². The van der Waals surface area contributed by atoms with Gasteiger partial charge >= 0.3 is 0 Å². The lowest BCUT2D eigenvalue weighted by molar-refractivity contribution is 0.475. The van der Waals surface area contributed by atoms with Crippen molar-refractivity contribution in [1.29, 1.82) is 0 Å². The van der Waals surface area contributed by atoms with Crippen molar-refractivity contribution in [2.75, 3.05) is 0 Å². The molecule has 0 saturated carbocycles. The van der Waals surface area contributed by atoms with Crippen LogP contribution in [0.1, 0.15) is 5.82 Å². The third-order valence-corrected chi connectivity index (χ3v) is 1.96. The summed E-state index contributed by atoms with van der Waals surface area (Å²) in [7, 11) is 0. The Morgan fingerprint density at radius 3 is 2.43 bits per heavy atom. The van der Waals surface area contributed by atoms with Crippen LogP contribution in [-0.4, -0.2) is 15.1 Å². The van der Waals surface area contributed by atoms with Crippen LogP contribution in [0.4, 0.5) is 0 Å².